The van der Waals surface area contributed by atoms with Crippen molar-refractivity contribution in [2.75, 3.05) is 0 Å². The van der Waals surface area contributed by atoms with Gasteiger partial charge in [0.05, 0.1) is 5.56 Å². The minimum Gasteiger partial charge on any atom is -0.421 e. The van der Waals surface area contributed by atoms with E-state index < -0.39 is 0 Å². The number of aryl methyl sites for hydroxylation is 1. The van der Waals surface area contributed by atoms with Crippen LogP contribution in [0.25, 0.3) is 5.76 Å². The molecule has 0 unspecified atom stereocenters. The van der Waals surface area contributed by atoms with Crippen LogP contribution >= 0.6 is 22.6 Å². The maximum atomic E-state index is 11.7. The molecule has 2 nitrogen and oxygen atoms in total. The first-order chi connectivity index (χ1) is 8.15. The smallest absolute Gasteiger partial charge is 0.344 e. The Kier molecular flexibility index (Phi) is 3.86. The van der Waals surface area contributed by atoms with Crippen molar-refractivity contribution in [3.8, 4) is 0 Å². The lowest BCUT2D eigenvalue weighted by molar-refractivity contribution is 0.0715. The van der Waals surface area contributed by atoms with E-state index >= 15 is 0 Å². The fourth-order valence-corrected chi connectivity index (χ4v) is 2.74. The topological polar surface area (TPSA) is 26.3 Å². The summed E-state index contributed by atoms with van der Waals surface area (Å²) in [7, 11) is 0. The van der Waals surface area contributed by atoms with Crippen LogP contribution in [-0.4, -0.2) is 5.97 Å². The molecule has 0 radical (unpaired) electrons. The Labute approximate surface area is 115 Å². The van der Waals surface area contributed by atoms with Crippen molar-refractivity contribution in [1.82, 2.24) is 0 Å². The van der Waals surface area contributed by atoms with Gasteiger partial charge in [-0.3, -0.25) is 0 Å². The lowest BCUT2D eigenvalue weighted by atomic mass is 10.0. The van der Waals surface area contributed by atoms with E-state index in [1.165, 1.54) is 0 Å². The molecule has 0 aliphatic carbocycles. The Morgan fingerprint density at radius 1 is 1.41 bits per heavy atom. The van der Waals surface area contributed by atoms with Gasteiger partial charge < -0.3 is 4.74 Å². The average Bonchev–Trinajstić information content (AvgIpc) is 2.66. The highest BCUT2D eigenvalue weighted by atomic mass is 127. The van der Waals surface area contributed by atoms with Gasteiger partial charge in [-0.25, -0.2) is 4.79 Å². The second-order valence-corrected chi connectivity index (χ2v) is 5.53. The summed E-state index contributed by atoms with van der Waals surface area (Å²) in [6.07, 6.45) is 3.25. The van der Waals surface area contributed by atoms with Crippen molar-refractivity contribution in [2.45, 2.75) is 33.1 Å². The van der Waals surface area contributed by atoms with E-state index in [9.17, 15) is 4.79 Å². The minimum absolute atomic E-state index is 0.218. The molecule has 0 N–H and O–H groups in total. The first-order valence-electron chi connectivity index (χ1n) is 5.86. The molecule has 1 aliphatic heterocycles. The van der Waals surface area contributed by atoms with E-state index in [1.54, 1.807) is 0 Å². The van der Waals surface area contributed by atoms with Gasteiger partial charge in [0.15, 0.2) is 0 Å². The number of carbonyl (C=O) groups excluding carboxylic acids is 1. The third-order valence-electron chi connectivity index (χ3n) is 2.91. The second-order valence-electron chi connectivity index (χ2n) is 4.22. The molecule has 0 fully saturated rings. The molecule has 0 saturated carbocycles. The Balaban J connectivity index is 2.46. The molecular weight excluding hydrogens is 327 g/mol. The summed E-state index contributed by atoms with van der Waals surface area (Å²) in [5.41, 5.74) is 2.79. The van der Waals surface area contributed by atoms with Crippen molar-refractivity contribution < 1.29 is 9.53 Å². The van der Waals surface area contributed by atoms with Gasteiger partial charge in [0.25, 0.3) is 0 Å². The highest BCUT2D eigenvalue weighted by Crippen LogP contribution is 2.37. The molecule has 3 heteroatoms. The van der Waals surface area contributed by atoms with E-state index in [0.717, 1.165) is 39.7 Å². The van der Waals surface area contributed by atoms with Crippen molar-refractivity contribution in [1.29, 1.82) is 0 Å². The number of carbonyl (C=O) groups is 1. The fourth-order valence-electron chi connectivity index (χ4n) is 1.97. The fraction of sp³-hybridized carbons (Fsp3) is 0.357. The number of esters is 1. The number of unbranched alkanes of at least 4 members (excludes halogenated alkanes) is 1. The normalized spacial score (nSPS) is 16.8. The van der Waals surface area contributed by atoms with Crippen LogP contribution in [0.1, 0.15) is 47.7 Å². The maximum Gasteiger partial charge on any atom is 0.344 e. The Bertz CT molecular complexity index is 489. The number of rotatable bonds is 3. The zero-order chi connectivity index (χ0) is 12.4. The van der Waals surface area contributed by atoms with E-state index in [0.29, 0.717) is 5.56 Å². The molecule has 0 aromatic heterocycles. The van der Waals surface area contributed by atoms with Gasteiger partial charge in [0.1, 0.15) is 5.76 Å². The molecule has 2 rings (SSSR count). The van der Waals surface area contributed by atoms with E-state index in [-0.39, 0.29) is 5.97 Å². The summed E-state index contributed by atoms with van der Waals surface area (Å²) in [6, 6.07) is 5.75. The van der Waals surface area contributed by atoms with Crippen molar-refractivity contribution in [2.24, 2.45) is 0 Å². The van der Waals surface area contributed by atoms with E-state index in [2.05, 4.69) is 29.5 Å². The van der Waals surface area contributed by atoms with Crippen LogP contribution in [0.2, 0.25) is 0 Å². The van der Waals surface area contributed by atoms with Crippen LogP contribution in [0.5, 0.6) is 0 Å². The van der Waals surface area contributed by atoms with Gasteiger partial charge in [-0.1, -0.05) is 25.5 Å². The van der Waals surface area contributed by atoms with E-state index in [1.807, 2.05) is 25.1 Å². The first kappa shape index (κ1) is 12.6. The van der Waals surface area contributed by atoms with Gasteiger partial charge in [-0.15, -0.1) is 0 Å². The van der Waals surface area contributed by atoms with Crippen LogP contribution in [-0.2, 0) is 4.74 Å². The third-order valence-corrected chi connectivity index (χ3v) is 3.94. The number of ether oxygens (including phenoxy) is 1. The number of cyclic esters (lactones) is 1. The quantitative estimate of drug-likeness (QED) is 0.599. The number of hydrogen-bond donors (Lipinski definition) is 0. The predicted octanol–water partition coefficient (Wildman–Crippen LogP) is 4.46. The Morgan fingerprint density at radius 2 is 2.18 bits per heavy atom. The highest BCUT2D eigenvalue weighted by Gasteiger charge is 2.29. The highest BCUT2D eigenvalue weighted by molar-refractivity contribution is 14.1. The summed E-state index contributed by atoms with van der Waals surface area (Å²) >= 11 is 2.29. The van der Waals surface area contributed by atoms with Gasteiger partial charge in [-0.2, -0.15) is 0 Å². The molecule has 1 aliphatic rings. The molecule has 0 bridgehead atoms. The largest absolute Gasteiger partial charge is 0.421 e. The van der Waals surface area contributed by atoms with Crippen LogP contribution in [0.15, 0.2) is 21.8 Å². The zero-order valence-electron chi connectivity index (χ0n) is 10.0. The zero-order valence-corrected chi connectivity index (χ0v) is 12.2. The minimum atomic E-state index is -0.218. The summed E-state index contributed by atoms with van der Waals surface area (Å²) in [4.78, 5) is 11.7. The molecule has 0 atom stereocenters. The number of hydrogen-bond acceptors (Lipinski definition) is 2. The van der Waals surface area contributed by atoms with Gasteiger partial charge in [-0.05, 0) is 54.0 Å². The van der Waals surface area contributed by atoms with Crippen LogP contribution in [0.4, 0.5) is 0 Å². The molecule has 17 heavy (non-hydrogen) atoms. The van der Waals surface area contributed by atoms with Crippen molar-refractivity contribution in [3.63, 3.8) is 0 Å². The van der Waals surface area contributed by atoms with E-state index in [4.69, 9.17) is 4.74 Å². The van der Waals surface area contributed by atoms with Crippen molar-refractivity contribution in [3.05, 3.63) is 38.5 Å². The first-order valence-corrected chi connectivity index (χ1v) is 6.93. The average molecular weight is 342 g/mol. The predicted molar refractivity (Wildman–Crippen MR) is 77.1 cm³/mol. The van der Waals surface area contributed by atoms with Crippen LogP contribution in [0.3, 0.4) is 0 Å². The van der Waals surface area contributed by atoms with Gasteiger partial charge in [0.2, 0.25) is 0 Å². The monoisotopic (exact) mass is 342 g/mol. The maximum absolute atomic E-state index is 11.7. The molecule has 0 amide bonds. The number of halogens is 1. The molecular formula is C14H15IO2. The second kappa shape index (κ2) is 5.21. The SMILES string of the molecule is CCCC/C(I)=C1\OC(=O)c2cccc(C)c21. The van der Waals surface area contributed by atoms with Gasteiger partial charge in [0, 0.05) is 9.14 Å². The summed E-state index contributed by atoms with van der Waals surface area (Å²) in [6.45, 7) is 4.18. The lowest BCUT2D eigenvalue weighted by Gasteiger charge is -2.06. The Morgan fingerprint density at radius 3 is 2.88 bits per heavy atom. The molecule has 1 aromatic rings. The Hall–Kier alpha value is -0.840. The molecule has 1 heterocycles. The van der Waals surface area contributed by atoms with Crippen LogP contribution in [0, 0.1) is 6.92 Å². The summed E-state index contributed by atoms with van der Waals surface area (Å²) in [5.74, 6) is 0.557. The summed E-state index contributed by atoms with van der Waals surface area (Å²) < 4.78 is 6.55. The number of allylic oxidation sites excluding steroid dienone is 1. The third kappa shape index (κ3) is 2.39. The van der Waals surface area contributed by atoms with Crippen molar-refractivity contribution >= 4 is 34.3 Å². The lowest BCUT2D eigenvalue weighted by Crippen LogP contribution is -1.93. The standard InChI is InChI=1S/C14H15IO2/c1-3-4-8-11(15)13-12-9(2)6-5-7-10(12)14(16)17-13/h5-7H,3-4,8H2,1-2H3/b13-11+. The molecule has 1 aromatic carbocycles. The molecule has 0 saturated heterocycles. The summed E-state index contributed by atoms with van der Waals surface area (Å²) in [5, 5.41) is 0. The van der Waals surface area contributed by atoms with Crippen LogP contribution < -0.4 is 0 Å². The number of fused-ring (bicyclic) bond motifs is 1. The molecule has 0 spiro atoms. The van der Waals surface area contributed by atoms with Gasteiger partial charge >= 0.3 is 5.97 Å². The number of benzene rings is 1. The molecule has 90 valence electrons.